The third-order valence-corrected chi connectivity index (χ3v) is 4.86. The molecule has 2 aromatic rings. The molecular formula is C18H13IN2O4S. The number of methoxy groups -OCH3 is 1. The van der Waals surface area contributed by atoms with E-state index in [1.54, 1.807) is 36.4 Å². The van der Waals surface area contributed by atoms with E-state index in [1.165, 1.54) is 24.2 Å². The molecule has 1 saturated heterocycles. The molecule has 8 heteroatoms. The number of anilines is 1. The summed E-state index contributed by atoms with van der Waals surface area (Å²) in [7, 11) is 1.49. The summed E-state index contributed by atoms with van der Waals surface area (Å²) in [4.78, 5) is 26.5. The summed E-state index contributed by atoms with van der Waals surface area (Å²) in [6.45, 7) is 0. The fraction of sp³-hybridized carbons (Fsp3) is 0.0556. The monoisotopic (exact) mass is 480 g/mol. The molecule has 0 spiro atoms. The van der Waals surface area contributed by atoms with Gasteiger partial charge in [-0.3, -0.25) is 14.9 Å². The van der Waals surface area contributed by atoms with E-state index in [1.807, 2.05) is 22.6 Å². The van der Waals surface area contributed by atoms with Gasteiger partial charge in [-0.05, 0) is 70.7 Å². The molecule has 1 aliphatic rings. The number of phenols is 1. The Bertz CT molecular complexity index is 958. The van der Waals surface area contributed by atoms with Gasteiger partial charge in [-0.1, -0.05) is 18.2 Å². The molecule has 0 aromatic heterocycles. The minimum atomic E-state index is -0.575. The van der Waals surface area contributed by atoms with Gasteiger partial charge in [0.05, 0.1) is 16.4 Å². The number of ether oxygens (including phenoxy) is 1. The van der Waals surface area contributed by atoms with Crippen molar-refractivity contribution in [1.29, 1.82) is 0 Å². The lowest BCUT2D eigenvalue weighted by Gasteiger charge is -2.29. The van der Waals surface area contributed by atoms with Crippen LogP contribution in [0.3, 0.4) is 0 Å². The number of hydrogen-bond acceptors (Lipinski definition) is 5. The molecule has 2 N–H and O–H groups in total. The van der Waals surface area contributed by atoms with Crippen molar-refractivity contribution in [1.82, 2.24) is 5.32 Å². The van der Waals surface area contributed by atoms with E-state index in [2.05, 4.69) is 5.32 Å². The third kappa shape index (κ3) is 3.42. The molecule has 2 amide bonds. The predicted molar refractivity (Wildman–Crippen MR) is 110 cm³/mol. The first-order chi connectivity index (χ1) is 12.4. The van der Waals surface area contributed by atoms with Crippen molar-refractivity contribution in [2.24, 2.45) is 0 Å². The molecule has 0 bridgehead atoms. The van der Waals surface area contributed by atoms with Crippen molar-refractivity contribution in [3.8, 4) is 11.5 Å². The van der Waals surface area contributed by atoms with Crippen molar-refractivity contribution >= 4 is 63.5 Å². The van der Waals surface area contributed by atoms with Crippen molar-refractivity contribution in [2.45, 2.75) is 0 Å². The highest BCUT2D eigenvalue weighted by atomic mass is 127. The first kappa shape index (κ1) is 18.3. The van der Waals surface area contributed by atoms with E-state index >= 15 is 0 Å². The molecule has 3 rings (SSSR count). The summed E-state index contributed by atoms with van der Waals surface area (Å²) in [5, 5.41) is 12.1. The predicted octanol–water partition coefficient (Wildman–Crippen LogP) is 2.84. The molecule has 1 heterocycles. The standard InChI is InChI=1S/C18H13IN2O4S/c1-25-15-5-3-2-4-13(15)21-17(24)11(16(23)20-18(21)26)8-10-6-7-14(22)12(19)9-10/h2-9,22H,1H3,(H,20,23,26). The average molecular weight is 480 g/mol. The molecule has 2 aromatic carbocycles. The van der Waals surface area contributed by atoms with Gasteiger partial charge in [-0.2, -0.15) is 0 Å². The number of aromatic hydroxyl groups is 1. The highest BCUT2D eigenvalue weighted by Gasteiger charge is 2.35. The highest BCUT2D eigenvalue weighted by molar-refractivity contribution is 14.1. The van der Waals surface area contributed by atoms with Crippen LogP contribution < -0.4 is 15.0 Å². The Kier molecular flexibility index (Phi) is 5.23. The number of carbonyl (C=O) groups excluding carboxylic acids is 2. The molecule has 0 saturated carbocycles. The first-order valence-corrected chi connectivity index (χ1v) is 8.94. The Morgan fingerprint density at radius 1 is 1.23 bits per heavy atom. The zero-order chi connectivity index (χ0) is 18.8. The fourth-order valence-electron chi connectivity index (χ4n) is 2.47. The van der Waals surface area contributed by atoms with Gasteiger partial charge >= 0.3 is 0 Å². The van der Waals surface area contributed by atoms with Crippen molar-refractivity contribution in [3.05, 3.63) is 57.2 Å². The van der Waals surface area contributed by atoms with E-state index < -0.39 is 11.8 Å². The van der Waals surface area contributed by atoms with Crippen LogP contribution in [0, 0.1) is 3.57 Å². The number of benzene rings is 2. The van der Waals surface area contributed by atoms with Crippen LogP contribution in [-0.2, 0) is 9.59 Å². The highest BCUT2D eigenvalue weighted by Crippen LogP contribution is 2.31. The van der Waals surface area contributed by atoms with E-state index in [0.717, 1.165) is 0 Å². The summed E-state index contributed by atoms with van der Waals surface area (Å²) in [6, 6.07) is 11.7. The first-order valence-electron chi connectivity index (χ1n) is 7.45. The van der Waals surface area contributed by atoms with Crippen LogP contribution in [0.25, 0.3) is 6.08 Å². The number of para-hydroxylation sites is 2. The lowest BCUT2D eigenvalue weighted by atomic mass is 10.1. The number of thiocarbonyl (C=S) groups is 1. The molecule has 0 unspecified atom stereocenters. The Balaban J connectivity index is 2.05. The van der Waals surface area contributed by atoms with Crippen LogP contribution in [0.4, 0.5) is 5.69 Å². The minimum Gasteiger partial charge on any atom is -0.507 e. The van der Waals surface area contributed by atoms with E-state index in [0.29, 0.717) is 20.6 Å². The molecular weight excluding hydrogens is 467 g/mol. The second-order valence-electron chi connectivity index (χ2n) is 5.34. The number of nitrogens with one attached hydrogen (secondary N) is 1. The van der Waals surface area contributed by atoms with Gasteiger partial charge in [0.15, 0.2) is 5.11 Å². The van der Waals surface area contributed by atoms with Crippen LogP contribution >= 0.6 is 34.8 Å². The van der Waals surface area contributed by atoms with Gasteiger partial charge in [0, 0.05) is 0 Å². The second-order valence-corrected chi connectivity index (χ2v) is 6.89. The van der Waals surface area contributed by atoms with Crippen LogP contribution in [0.15, 0.2) is 48.0 Å². The summed E-state index contributed by atoms with van der Waals surface area (Å²) in [5.74, 6) is -0.539. The second kappa shape index (κ2) is 7.42. The summed E-state index contributed by atoms with van der Waals surface area (Å²) in [5.41, 5.74) is 0.987. The van der Waals surface area contributed by atoms with E-state index in [-0.39, 0.29) is 16.4 Å². The zero-order valence-electron chi connectivity index (χ0n) is 13.5. The number of rotatable bonds is 3. The Morgan fingerprint density at radius 2 is 1.96 bits per heavy atom. The number of halogens is 1. The smallest absolute Gasteiger partial charge is 0.270 e. The summed E-state index contributed by atoms with van der Waals surface area (Å²) in [6.07, 6.45) is 1.46. The van der Waals surface area contributed by atoms with Gasteiger partial charge in [-0.25, -0.2) is 4.90 Å². The topological polar surface area (TPSA) is 78.9 Å². The van der Waals surface area contributed by atoms with E-state index in [4.69, 9.17) is 17.0 Å². The number of hydrogen-bond donors (Lipinski definition) is 2. The summed E-state index contributed by atoms with van der Waals surface area (Å²) >= 11 is 7.15. The number of nitrogens with zero attached hydrogens (tertiary/aromatic N) is 1. The van der Waals surface area contributed by atoms with Gasteiger partial charge in [0.2, 0.25) is 0 Å². The zero-order valence-corrected chi connectivity index (χ0v) is 16.5. The molecule has 0 atom stereocenters. The molecule has 1 fully saturated rings. The van der Waals surface area contributed by atoms with Crippen LogP contribution in [0.5, 0.6) is 11.5 Å². The Morgan fingerprint density at radius 3 is 2.65 bits per heavy atom. The number of carbonyl (C=O) groups is 2. The quantitative estimate of drug-likeness (QED) is 0.306. The van der Waals surface area contributed by atoms with Gasteiger partial charge < -0.3 is 9.84 Å². The molecule has 132 valence electrons. The largest absolute Gasteiger partial charge is 0.507 e. The minimum absolute atomic E-state index is 0.0121. The van der Waals surface area contributed by atoms with Gasteiger partial charge in [0.1, 0.15) is 17.1 Å². The number of phenolic OH excluding ortho intramolecular Hbond substituents is 1. The van der Waals surface area contributed by atoms with Crippen LogP contribution in [-0.4, -0.2) is 29.1 Å². The maximum absolute atomic E-state index is 13.0. The average Bonchev–Trinajstić information content (AvgIpc) is 2.62. The third-order valence-electron chi connectivity index (χ3n) is 3.71. The van der Waals surface area contributed by atoms with E-state index in [9.17, 15) is 14.7 Å². The molecule has 6 nitrogen and oxygen atoms in total. The van der Waals surface area contributed by atoms with Crippen molar-refractivity contribution in [3.63, 3.8) is 0 Å². The lowest BCUT2D eigenvalue weighted by molar-refractivity contribution is -0.122. The van der Waals surface area contributed by atoms with Gasteiger partial charge in [0.25, 0.3) is 11.8 Å². The maximum atomic E-state index is 13.0. The van der Waals surface area contributed by atoms with Crippen molar-refractivity contribution < 1.29 is 19.4 Å². The summed E-state index contributed by atoms with van der Waals surface area (Å²) < 4.78 is 5.90. The Labute approximate surface area is 168 Å². The molecule has 26 heavy (non-hydrogen) atoms. The molecule has 0 aliphatic carbocycles. The van der Waals surface area contributed by atoms with Crippen molar-refractivity contribution in [2.75, 3.05) is 12.0 Å². The maximum Gasteiger partial charge on any atom is 0.270 e. The molecule has 1 aliphatic heterocycles. The lowest BCUT2D eigenvalue weighted by Crippen LogP contribution is -2.54. The molecule has 0 radical (unpaired) electrons. The SMILES string of the molecule is COc1ccccc1N1C(=O)C(=Cc2ccc(O)c(I)c2)C(=O)NC1=S. The normalized spacial score (nSPS) is 16.0. The van der Waals surface area contributed by atoms with Crippen LogP contribution in [0.1, 0.15) is 5.56 Å². The fourth-order valence-corrected chi connectivity index (χ4v) is 3.28. The number of amides is 2. The van der Waals surface area contributed by atoms with Crippen LogP contribution in [0.2, 0.25) is 0 Å². The Hall–Kier alpha value is -2.46. The van der Waals surface area contributed by atoms with Gasteiger partial charge in [-0.15, -0.1) is 0 Å².